The van der Waals surface area contributed by atoms with Crippen LogP contribution < -0.4 is 10.2 Å². The van der Waals surface area contributed by atoms with Crippen molar-refractivity contribution in [1.29, 1.82) is 0 Å². The van der Waals surface area contributed by atoms with E-state index >= 15 is 0 Å². The number of aliphatic imine (C=N–C) groups is 1. The molecule has 0 aromatic heterocycles. The molecule has 144 valence electrons. The Morgan fingerprint density at radius 1 is 1.19 bits per heavy atom. The minimum Gasteiger partial charge on any atom is -0.391 e. The van der Waals surface area contributed by atoms with Crippen molar-refractivity contribution in [2.45, 2.75) is 64.1 Å². The second-order valence-electron chi connectivity index (χ2n) is 7.63. The van der Waals surface area contributed by atoms with Gasteiger partial charge in [-0.2, -0.15) is 0 Å². The molecule has 0 unspecified atom stereocenters. The maximum absolute atomic E-state index is 9.76. The topological polar surface area (TPSA) is 51.1 Å². The monoisotopic (exact) mass is 358 g/mol. The summed E-state index contributed by atoms with van der Waals surface area (Å²) >= 11 is 0. The van der Waals surface area contributed by atoms with Crippen LogP contribution in [-0.4, -0.2) is 54.8 Å². The molecule has 1 aromatic carbocycles. The van der Waals surface area contributed by atoms with E-state index in [1.54, 1.807) is 0 Å². The fourth-order valence-electron chi connectivity index (χ4n) is 4.04. The molecule has 0 spiro atoms. The summed E-state index contributed by atoms with van der Waals surface area (Å²) in [7, 11) is 2.23. The van der Waals surface area contributed by atoms with Crippen LogP contribution in [-0.2, 0) is 6.54 Å². The van der Waals surface area contributed by atoms with Gasteiger partial charge in [-0.3, -0.25) is 0 Å². The van der Waals surface area contributed by atoms with Crippen LogP contribution >= 0.6 is 0 Å². The fourth-order valence-corrected chi connectivity index (χ4v) is 4.04. The van der Waals surface area contributed by atoms with E-state index in [1.807, 2.05) is 0 Å². The maximum atomic E-state index is 9.76. The Bertz CT molecular complexity index is 580. The lowest BCUT2D eigenvalue weighted by molar-refractivity contribution is 0.188. The number of nitrogens with zero attached hydrogens (tertiary/aromatic N) is 3. The molecule has 1 aliphatic heterocycles. The van der Waals surface area contributed by atoms with Crippen molar-refractivity contribution in [2.75, 3.05) is 31.6 Å². The van der Waals surface area contributed by atoms with Crippen LogP contribution in [0.2, 0.25) is 0 Å². The summed E-state index contributed by atoms with van der Waals surface area (Å²) in [4.78, 5) is 9.37. The van der Waals surface area contributed by atoms with Crippen molar-refractivity contribution in [3.63, 3.8) is 0 Å². The Hall–Kier alpha value is -1.75. The van der Waals surface area contributed by atoms with Gasteiger partial charge in [0.2, 0.25) is 0 Å². The third kappa shape index (κ3) is 4.91. The van der Waals surface area contributed by atoms with Crippen molar-refractivity contribution in [2.24, 2.45) is 4.99 Å². The summed E-state index contributed by atoms with van der Waals surface area (Å²) in [6.07, 6.45) is 7.34. The number of β-amino-alcohol motifs (C(OH)–C–C–N with tert-alkyl or cyclic N) is 1. The summed E-state index contributed by atoms with van der Waals surface area (Å²) in [5.74, 6) is 0.910. The summed E-state index contributed by atoms with van der Waals surface area (Å²) in [5, 5.41) is 13.1. The number of anilines is 1. The summed E-state index contributed by atoms with van der Waals surface area (Å²) < 4.78 is 0. The molecule has 0 amide bonds. The number of rotatable bonds is 5. The molecule has 5 nitrogen and oxygen atoms in total. The van der Waals surface area contributed by atoms with Gasteiger partial charge in [-0.1, -0.05) is 31.4 Å². The number of guanidine groups is 1. The maximum Gasteiger partial charge on any atom is 0.194 e. The van der Waals surface area contributed by atoms with Gasteiger partial charge < -0.3 is 20.2 Å². The Kier molecular flexibility index (Phi) is 6.78. The van der Waals surface area contributed by atoms with E-state index in [0.29, 0.717) is 19.1 Å². The van der Waals surface area contributed by atoms with E-state index in [1.165, 1.54) is 43.4 Å². The van der Waals surface area contributed by atoms with E-state index < -0.39 is 0 Å². The zero-order valence-corrected chi connectivity index (χ0v) is 16.3. The highest BCUT2D eigenvalue weighted by Crippen LogP contribution is 2.26. The lowest BCUT2D eigenvalue weighted by Gasteiger charge is -2.33. The number of aliphatic hydroxyl groups is 1. The van der Waals surface area contributed by atoms with Crippen LogP contribution in [0.15, 0.2) is 29.3 Å². The largest absolute Gasteiger partial charge is 0.391 e. The van der Waals surface area contributed by atoms with E-state index in [2.05, 4.69) is 53.4 Å². The fraction of sp³-hybridized carbons (Fsp3) is 0.667. The van der Waals surface area contributed by atoms with Crippen molar-refractivity contribution in [3.8, 4) is 0 Å². The second kappa shape index (κ2) is 9.26. The predicted molar refractivity (Wildman–Crippen MR) is 109 cm³/mol. The molecule has 1 saturated carbocycles. The molecule has 1 atom stereocenters. The van der Waals surface area contributed by atoms with Crippen LogP contribution in [0, 0.1) is 0 Å². The number of hydrogen-bond donors (Lipinski definition) is 2. The highest BCUT2D eigenvalue weighted by molar-refractivity contribution is 5.80. The molecular weight excluding hydrogens is 324 g/mol. The highest BCUT2D eigenvalue weighted by Gasteiger charge is 2.22. The number of hydrogen-bond acceptors (Lipinski definition) is 3. The van der Waals surface area contributed by atoms with Gasteiger partial charge in [0.05, 0.1) is 12.6 Å². The van der Waals surface area contributed by atoms with E-state index in [0.717, 1.165) is 25.5 Å². The number of nitrogens with one attached hydrogen (secondary N) is 1. The smallest absolute Gasteiger partial charge is 0.194 e. The van der Waals surface area contributed by atoms with Gasteiger partial charge in [-0.05, 0) is 43.9 Å². The first-order chi connectivity index (χ1) is 12.7. The van der Waals surface area contributed by atoms with Crippen molar-refractivity contribution >= 4 is 11.6 Å². The van der Waals surface area contributed by atoms with Gasteiger partial charge in [0, 0.05) is 38.4 Å². The van der Waals surface area contributed by atoms with Gasteiger partial charge in [0.1, 0.15) is 0 Å². The second-order valence-corrected chi connectivity index (χ2v) is 7.63. The molecule has 26 heavy (non-hydrogen) atoms. The molecule has 0 bridgehead atoms. The van der Waals surface area contributed by atoms with E-state index in [-0.39, 0.29) is 6.10 Å². The average Bonchev–Trinajstić information content (AvgIpc) is 3.12. The van der Waals surface area contributed by atoms with Crippen LogP contribution in [0.3, 0.4) is 0 Å². The normalized spacial score (nSPS) is 21.9. The van der Waals surface area contributed by atoms with E-state index in [9.17, 15) is 5.11 Å². The first kappa shape index (κ1) is 19.0. The molecule has 2 aliphatic rings. The summed E-state index contributed by atoms with van der Waals surface area (Å²) in [6, 6.07) is 9.54. The first-order valence-electron chi connectivity index (χ1n) is 10.2. The van der Waals surface area contributed by atoms with E-state index in [4.69, 9.17) is 4.99 Å². The van der Waals surface area contributed by atoms with Crippen molar-refractivity contribution in [1.82, 2.24) is 10.2 Å². The molecular formula is C21H34N4O. The molecule has 2 N–H and O–H groups in total. The minimum absolute atomic E-state index is 0.228. The van der Waals surface area contributed by atoms with Crippen molar-refractivity contribution < 1.29 is 5.11 Å². The van der Waals surface area contributed by atoms with Crippen LogP contribution in [0.1, 0.15) is 51.0 Å². The highest BCUT2D eigenvalue weighted by atomic mass is 16.3. The van der Waals surface area contributed by atoms with Gasteiger partial charge in [-0.15, -0.1) is 0 Å². The van der Waals surface area contributed by atoms with Crippen LogP contribution in [0.25, 0.3) is 0 Å². The molecule has 1 saturated heterocycles. The van der Waals surface area contributed by atoms with Gasteiger partial charge in [-0.25, -0.2) is 4.99 Å². The van der Waals surface area contributed by atoms with Gasteiger partial charge in [0.15, 0.2) is 5.96 Å². The number of aliphatic hydroxyl groups excluding tert-OH is 1. The first-order valence-corrected chi connectivity index (χ1v) is 10.2. The molecule has 0 radical (unpaired) electrons. The third-order valence-electron chi connectivity index (χ3n) is 5.68. The standard InChI is InChI=1S/C21H34N4O/c1-3-22-21(25-14-13-20(26)16-25)23-15-17-9-11-19(12-10-17)24(2)18-7-5-4-6-8-18/h9-12,18,20,26H,3-8,13-16H2,1-2H3,(H,22,23)/t20-/m1/s1. The SMILES string of the molecule is CCNC(=NCc1ccc(N(C)C2CCCCC2)cc1)N1CC[C@@H](O)C1. The lowest BCUT2D eigenvalue weighted by Crippen LogP contribution is -2.40. The Morgan fingerprint density at radius 3 is 2.54 bits per heavy atom. The van der Waals surface area contributed by atoms with Crippen LogP contribution in [0.4, 0.5) is 5.69 Å². The number of benzene rings is 1. The summed E-state index contributed by atoms with van der Waals surface area (Å²) in [6.45, 7) is 5.14. The molecule has 1 heterocycles. The van der Waals surface area contributed by atoms with Crippen molar-refractivity contribution in [3.05, 3.63) is 29.8 Å². The zero-order chi connectivity index (χ0) is 18.4. The summed E-state index contributed by atoms with van der Waals surface area (Å²) in [5.41, 5.74) is 2.53. The van der Waals surface area contributed by atoms with Gasteiger partial charge in [0.25, 0.3) is 0 Å². The quantitative estimate of drug-likeness (QED) is 0.628. The molecule has 5 heteroatoms. The molecule has 1 aliphatic carbocycles. The van der Waals surface area contributed by atoms with Gasteiger partial charge >= 0.3 is 0 Å². The zero-order valence-electron chi connectivity index (χ0n) is 16.3. The average molecular weight is 359 g/mol. The lowest BCUT2D eigenvalue weighted by atomic mass is 9.94. The van der Waals surface area contributed by atoms with Crippen LogP contribution in [0.5, 0.6) is 0 Å². The predicted octanol–water partition coefficient (Wildman–Crippen LogP) is 2.99. The third-order valence-corrected chi connectivity index (χ3v) is 5.68. The number of likely N-dealkylation sites (tertiary alicyclic amines) is 1. The molecule has 1 aromatic rings. The Labute approximate surface area is 158 Å². The Balaban J connectivity index is 1.60. The molecule has 3 rings (SSSR count). The minimum atomic E-state index is -0.228. The Morgan fingerprint density at radius 2 is 1.92 bits per heavy atom. The molecule has 2 fully saturated rings.